The summed E-state index contributed by atoms with van der Waals surface area (Å²) >= 11 is 0. The molecule has 0 unspecified atom stereocenters. The van der Waals surface area contributed by atoms with Gasteiger partial charge >= 0.3 is 0 Å². The molecule has 24 heavy (non-hydrogen) atoms. The maximum atomic E-state index is 12.4. The molecule has 0 radical (unpaired) electrons. The van der Waals surface area contributed by atoms with Crippen LogP contribution in [0, 0.1) is 0 Å². The summed E-state index contributed by atoms with van der Waals surface area (Å²) in [6.07, 6.45) is -5.75. The van der Waals surface area contributed by atoms with Gasteiger partial charge in [-0.25, -0.2) is 0 Å². The Hall–Kier alpha value is -2.33. The molecule has 5 atom stereocenters. The first kappa shape index (κ1) is 16.5. The minimum Gasteiger partial charge on any atom is -0.508 e. The number of hydrogen-bond acceptors (Lipinski definition) is 9. The monoisotopic (exact) mass is 340 g/mol. The molecule has 2 heterocycles. The Bertz CT molecular complexity index is 814. The van der Waals surface area contributed by atoms with E-state index in [0.717, 1.165) is 18.4 Å². The summed E-state index contributed by atoms with van der Waals surface area (Å²) in [7, 11) is 0. The highest BCUT2D eigenvalue weighted by Gasteiger charge is 2.43. The van der Waals surface area contributed by atoms with Gasteiger partial charge in [0.25, 0.3) is 0 Å². The van der Waals surface area contributed by atoms with Crippen molar-refractivity contribution in [3.8, 4) is 17.2 Å². The molecule has 3 rings (SSSR count). The molecular formula is C15H16O9. The van der Waals surface area contributed by atoms with E-state index in [4.69, 9.17) is 13.9 Å². The first-order chi connectivity index (χ1) is 11.3. The number of rotatable bonds is 2. The van der Waals surface area contributed by atoms with Crippen molar-refractivity contribution in [3.63, 3.8) is 0 Å². The SMILES string of the molecule is C[C@@H]1O[C@@H](Oc2coc3cc(O)cc(O)c3c2=O)[C@H](O)[C@H](O)[C@@H]1O. The van der Waals surface area contributed by atoms with E-state index in [1.54, 1.807) is 0 Å². The van der Waals surface area contributed by atoms with Crippen molar-refractivity contribution in [2.24, 2.45) is 0 Å². The zero-order chi connectivity index (χ0) is 17.6. The molecule has 9 heteroatoms. The van der Waals surface area contributed by atoms with E-state index < -0.39 is 41.9 Å². The highest BCUT2D eigenvalue weighted by Crippen LogP contribution is 2.30. The van der Waals surface area contributed by atoms with E-state index in [-0.39, 0.29) is 22.5 Å². The molecule has 130 valence electrons. The number of ether oxygens (including phenoxy) is 2. The van der Waals surface area contributed by atoms with E-state index in [9.17, 15) is 30.3 Å². The van der Waals surface area contributed by atoms with Gasteiger partial charge in [-0.2, -0.15) is 0 Å². The number of phenols is 2. The molecule has 1 aliphatic rings. The topological polar surface area (TPSA) is 150 Å². The van der Waals surface area contributed by atoms with Gasteiger partial charge in [0.1, 0.15) is 47.0 Å². The van der Waals surface area contributed by atoms with Crippen molar-refractivity contribution in [2.75, 3.05) is 0 Å². The van der Waals surface area contributed by atoms with Crippen LogP contribution in [0.3, 0.4) is 0 Å². The smallest absolute Gasteiger partial charge is 0.238 e. The fourth-order valence-corrected chi connectivity index (χ4v) is 2.52. The lowest BCUT2D eigenvalue weighted by Gasteiger charge is -2.38. The average Bonchev–Trinajstić information content (AvgIpc) is 2.52. The third-order valence-corrected chi connectivity index (χ3v) is 3.86. The minimum atomic E-state index is -1.60. The molecule has 0 saturated carbocycles. The summed E-state index contributed by atoms with van der Waals surface area (Å²) < 4.78 is 15.6. The zero-order valence-electron chi connectivity index (χ0n) is 12.5. The van der Waals surface area contributed by atoms with E-state index in [1.807, 2.05) is 0 Å². The van der Waals surface area contributed by atoms with Crippen molar-refractivity contribution in [1.29, 1.82) is 0 Å². The van der Waals surface area contributed by atoms with Crippen molar-refractivity contribution in [1.82, 2.24) is 0 Å². The van der Waals surface area contributed by atoms with Crippen LogP contribution in [0.5, 0.6) is 17.2 Å². The zero-order valence-corrected chi connectivity index (χ0v) is 12.5. The average molecular weight is 340 g/mol. The van der Waals surface area contributed by atoms with Gasteiger partial charge < -0.3 is 39.4 Å². The Morgan fingerprint density at radius 2 is 1.79 bits per heavy atom. The van der Waals surface area contributed by atoms with Crippen LogP contribution >= 0.6 is 0 Å². The molecule has 0 aliphatic carbocycles. The second-order valence-corrected chi connectivity index (χ2v) is 5.57. The molecule has 1 aliphatic heterocycles. The van der Waals surface area contributed by atoms with Crippen molar-refractivity contribution >= 4 is 11.0 Å². The second-order valence-electron chi connectivity index (χ2n) is 5.57. The summed E-state index contributed by atoms with van der Waals surface area (Å²) in [5, 5.41) is 48.3. The normalized spacial score (nSPS) is 30.4. The van der Waals surface area contributed by atoms with E-state index in [1.165, 1.54) is 6.92 Å². The fraction of sp³-hybridized carbons (Fsp3) is 0.400. The van der Waals surface area contributed by atoms with Crippen LogP contribution in [0.4, 0.5) is 0 Å². The Morgan fingerprint density at radius 1 is 1.08 bits per heavy atom. The molecule has 5 N–H and O–H groups in total. The molecule has 1 aromatic heterocycles. The summed E-state index contributed by atoms with van der Waals surface area (Å²) in [4.78, 5) is 12.4. The number of hydrogen-bond donors (Lipinski definition) is 5. The lowest BCUT2D eigenvalue weighted by Crippen LogP contribution is -2.58. The minimum absolute atomic E-state index is 0.0567. The third kappa shape index (κ3) is 2.67. The molecular weight excluding hydrogens is 324 g/mol. The van der Waals surface area contributed by atoms with E-state index in [0.29, 0.717) is 0 Å². The Balaban J connectivity index is 1.96. The summed E-state index contributed by atoms with van der Waals surface area (Å²) in [5.74, 6) is -1.16. The number of benzene rings is 1. The second kappa shape index (κ2) is 5.95. The highest BCUT2D eigenvalue weighted by atomic mass is 16.7. The third-order valence-electron chi connectivity index (χ3n) is 3.86. The quantitative estimate of drug-likeness (QED) is 0.483. The van der Waals surface area contributed by atoms with Crippen LogP contribution < -0.4 is 10.2 Å². The predicted molar refractivity (Wildman–Crippen MR) is 78.8 cm³/mol. The lowest BCUT2D eigenvalue weighted by molar-refractivity contribution is -0.268. The standard InChI is InChI=1S/C15H16O9/c1-5-11(18)13(20)14(21)15(23-5)24-9-4-22-8-3-6(16)2-7(17)10(8)12(9)19/h2-5,11,13-18,20-21H,1H3/t5-,11+,13+,14+,15-/m0/s1. The van der Waals surface area contributed by atoms with Crippen LogP contribution in [0.1, 0.15) is 6.92 Å². The van der Waals surface area contributed by atoms with Crippen molar-refractivity contribution < 1.29 is 39.4 Å². The molecule has 2 aromatic rings. The predicted octanol–water partition coefficient (Wildman–Crippen LogP) is -0.589. The Morgan fingerprint density at radius 3 is 2.50 bits per heavy atom. The molecule has 0 amide bonds. The summed E-state index contributed by atoms with van der Waals surface area (Å²) in [6, 6.07) is 2.12. The van der Waals surface area contributed by atoms with Crippen molar-refractivity contribution in [3.05, 3.63) is 28.6 Å². The maximum Gasteiger partial charge on any atom is 0.238 e. The van der Waals surface area contributed by atoms with Gasteiger partial charge in [0, 0.05) is 12.1 Å². The number of aliphatic hydroxyl groups is 3. The van der Waals surface area contributed by atoms with Gasteiger partial charge in [-0.3, -0.25) is 4.79 Å². The highest BCUT2D eigenvalue weighted by molar-refractivity contribution is 5.85. The summed E-state index contributed by atoms with van der Waals surface area (Å²) in [5.41, 5.74) is -0.809. The number of fused-ring (bicyclic) bond motifs is 1. The summed E-state index contributed by atoms with van der Waals surface area (Å²) in [6.45, 7) is 1.47. The number of phenolic OH excluding ortho intramolecular Hbond substituents is 2. The molecule has 9 nitrogen and oxygen atoms in total. The van der Waals surface area contributed by atoms with Crippen LogP contribution in [0.15, 0.2) is 27.6 Å². The molecule has 0 spiro atoms. The largest absolute Gasteiger partial charge is 0.508 e. The van der Waals surface area contributed by atoms with Crippen molar-refractivity contribution in [2.45, 2.75) is 37.6 Å². The Labute approximate surface area is 134 Å². The Kier molecular flexibility index (Phi) is 4.10. The van der Waals surface area contributed by atoms with Gasteiger partial charge in [-0.1, -0.05) is 0 Å². The lowest BCUT2D eigenvalue weighted by atomic mass is 10.00. The van der Waals surface area contributed by atoms with Gasteiger partial charge in [0.05, 0.1) is 6.10 Å². The van der Waals surface area contributed by atoms with Crippen LogP contribution in [-0.2, 0) is 4.74 Å². The van der Waals surface area contributed by atoms with Gasteiger partial charge in [-0.05, 0) is 6.92 Å². The van der Waals surface area contributed by atoms with Gasteiger partial charge in [-0.15, -0.1) is 0 Å². The van der Waals surface area contributed by atoms with Gasteiger partial charge in [0.2, 0.25) is 17.5 Å². The number of aliphatic hydroxyl groups excluding tert-OH is 3. The van der Waals surface area contributed by atoms with Crippen LogP contribution in [0.2, 0.25) is 0 Å². The van der Waals surface area contributed by atoms with E-state index >= 15 is 0 Å². The molecule has 1 aromatic carbocycles. The molecule has 0 bridgehead atoms. The van der Waals surface area contributed by atoms with Crippen LogP contribution in [-0.4, -0.2) is 56.2 Å². The molecule has 1 saturated heterocycles. The molecule has 1 fully saturated rings. The van der Waals surface area contributed by atoms with Crippen LogP contribution in [0.25, 0.3) is 11.0 Å². The maximum absolute atomic E-state index is 12.4. The van der Waals surface area contributed by atoms with Gasteiger partial charge in [0.15, 0.2) is 0 Å². The fourth-order valence-electron chi connectivity index (χ4n) is 2.52. The first-order valence-electron chi connectivity index (χ1n) is 7.13. The first-order valence-corrected chi connectivity index (χ1v) is 7.13. The van der Waals surface area contributed by atoms with E-state index in [2.05, 4.69) is 0 Å². The number of aromatic hydroxyl groups is 2.